The van der Waals surface area contributed by atoms with Gasteiger partial charge >= 0.3 is 0 Å². The molecule has 1 fully saturated rings. The van der Waals surface area contributed by atoms with Crippen LogP contribution < -0.4 is 10.1 Å². The second kappa shape index (κ2) is 8.09. The Morgan fingerprint density at radius 3 is 2.60 bits per heavy atom. The van der Waals surface area contributed by atoms with E-state index in [9.17, 15) is 4.79 Å². The lowest BCUT2D eigenvalue weighted by molar-refractivity contribution is 0.0932. The summed E-state index contributed by atoms with van der Waals surface area (Å²) in [6.45, 7) is 2.01. The SMILES string of the molecule is CCc1c(C(=O)NC2CCCCCC2)cnn1-c1ccc(OC)nn1. The van der Waals surface area contributed by atoms with Gasteiger partial charge in [0.05, 0.1) is 24.6 Å². The van der Waals surface area contributed by atoms with Gasteiger partial charge in [0.2, 0.25) is 5.88 Å². The number of carbonyl (C=O) groups excluding carboxylic acids is 1. The molecule has 0 aromatic carbocycles. The van der Waals surface area contributed by atoms with Crippen LogP contribution in [-0.4, -0.2) is 39.0 Å². The van der Waals surface area contributed by atoms with Crippen LogP contribution in [0.2, 0.25) is 0 Å². The number of nitrogens with one attached hydrogen (secondary N) is 1. The monoisotopic (exact) mass is 343 g/mol. The van der Waals surface area contributed by atoms with Crippen molar-refractivity contribution in [2.75, 3.05) is 7.11 Å². The maximum absolute atomic E-state index is 12.7. The summed E-state index contributed by atoms with van der Waals surface area (Å²) in [6.07, 6.45) is 9.33. The van der Waals surface area contributed by atoms with Gasteiger partial charge in [-0.3, -0.25) is 4.79 Å². The quantitative estimate of drug-likeness (QED) is 0.844. The summed E-state index contributed by atoms with van der Waals surface area (Å²) in [5.41, 5.74) is 1.45. The van der Waals surface area contributed by atoms with Crippen LogP contribution in [0, 0.1) is 0 Å². The molecular formula is C18H25N5O2. The summed E-state index contributed by atoms with van der Waals surface area (Å²) in [5, 5.41) is 15.6. The van der Waals surface area contributed by atoms with Gasteiger partial charge in [0, 0.05) is 12.1 Å². The molecule has 1 aliphatic carbocycles. The normalized spacial score (nSPS) is 15.6. The van der Waals surface area contributed by atoms with Gasteiger partial charge in [0.15, 0.2) is 5.82 Å². The first-order valence-electron chi connectivity index (χ1n) is 8.98. The number of hydrogen-bond donors (Lipinski definition) is 1. The highest BCUT2D eigenvalue weighted by molar-refractivity contribution is 5.95. The number of ether oxygens (including phenoxy) is 1. The summed E-state index contributed by atoms with van der Waals surface area (Å²) >= 11 is 0. The molecule has 1 N–H and O–H groups in total. The van der Waals surface area contributed by atoms with Crippen LogP contribution in [0.15, 0.2) is 18.3 Å². The van der Waals surface area contributed by atoms with Crippen LogP contribution in [0.25, 0.3) is 5.82 Å². The molecule has 0 radical (unpaired) electrons. The van der Waals surface area contributed by atoms with E-state index in [0.29, 0.717) is 23.7 Å². The van der Waals surface area contributed by atoms with Crippen LogP contribution >= 0.6 is 0 Å². The molecule has 3 rings (SSSR count). The molecule has 7 nitrogen and oxygen atoms in total. The van der Waals surface area contributed by atoms with Crippen LogP contribution in [0.4, 0.5) is 0 Å². The zero-order chi connectivity index (χ0) is 17.6. The van der Waals surface area contributed by atoms with Gasteiger partial charge in [-0.2, -0.15) is 5.10 Å². The molecule has 0 saturated heterocycles. The maximum Gasteiger partial charge on any atom is 0.254 e. The third-order valence-electron chi connectivity index (χ3n) is 4.69. The maximum atomic E-state index is 12.7. The largest absolute Gasteiger partial charge is 0.480 e. The smallest absolute Gasteiger partial charge is 0.254 e. The van der Waals surface area contributed by atoms with Crippen molar-refractivity contribution in [3.8, 4) is 11.7 Å². The second-order valence-electron chi connectivity index (χ2n) is 6.37. The van der Waals surface area contributed by atoms with E-state index in [1.54, 1.807) is 30.1 Å². The minimum atomic E-state index is -0.0449. The Labute approximate surface area is 147 Å². The first-order valence-corrected chi connectivity index (χ1v) is 8.98. The Hall–Kier alpha value is -2.44. The summed E-state index contributed by atoms with van der Waals surface area (Å²) in [6, 6.07) is 3.78. The van der Waals surface area contributed by atoms with Crippen molar-refractivity contribution in [3.05, 3.63) is 29.6 Å². The number of carbonyl (C=O) groups is 1. The van der Waals surface area contributed by atoms with E-state index >= 15 is 0 Å². The average Bonchev–Trinajstić information content (AvgIpc) is 2.92. The van der Waals surface area contributed by atoms with E-state index < -0.39 is 0 Å². The van der Waals surface area contributed by atoms with E-state index in [1.807, 2.05) is 6.92 Å². The van der Waals surface area contributed by atoms with Gasteiger partial charge in [-0.15, -0.1) is 10.2 Å². The fourth-order valence-electron chi connectivity index (χ4n) is 3.32. The summed E-state index contributed by atoms with van der Waals surface area (Å²) in [7, 11) is 1.55. The summed E-state index contributed by atoms with van der Waals surface area (Å²) < 4.78 is 6.71. The van der Waals surface area contributed by atoms with Gasteiger partial charge in [-0.1, -0.05) is 32.6 Å². The lowest BCUT2D eigenvalue weighted by atomic mass is 10.1. The van der Waals surface area contributed by atoms with Crippen molar-refractivity contribution >= 4 is 5.91 Å². The highest BCUT2D eigenvalue weighted by Gasteiger charge is 2.21. The molecule has 1 amide bonds. The lowest BCUT2D eigenvalue weighted by Crippen LogP contribution is -2.34. The molecule has 1 aliphatic rings. The fourth-order valence-corrected chi connectivity index (χ4v) is 3.32. The van der Waals surface area contributed by atoms with E-state index in [2.05, 4.69) is 20.6 Å². The van der Waals surface area contributed by atoms with Crippen molar-refractivity contribution in [3.63, 3.8) is 0 Å². The van der Waals surface area contributed by atoms with Gasteiger partial charge in [0.25, 0.3) is 5.91 Å². The third-order valence-corrected chi connectivity index (χ3v) is 4.69. The van der Waals surface area contributed by atoms with Crippen LogP contribution in [-0.2, 0) is 6.42 Å². The zero-order valence-corrected chi connectivity index (χ0v) is 14.9. The van der Waals surface area contributed by atoms with E-state index in [-0.39, 0.29) is 11.9 Å². The Morgan fingerprint density at radius 1 is 1.24 bits per heavy atom. The number of hydrogen-bond acceptors (Lipinski definition) is 5. The Balaban J connectivity index is 1.79. The molecule has 0 unspecified atom stereocenters. The number of amides is 1. The molecule has 0 atom stereocenters. The van der Waals surface area contributed by atoms with Crippen molar-refractivity contribution in [1.82, 2.24) is 25.3 Å². The summed E-state index contributed by atoms with van der Waals surface area (Å²) in [4.78, 5) is 12.7. The first-order chi connectivity index (χ1) is 12.2. The van der Waals surface area contributed by atoms with Crippen LogP contribution in [0.5, 0.6) is 5.88 Å². The zero-order valence-electron chi connectivity index (χ0n) is 14.9. The van der Waals surface area contributed by atoms with E-state index in [4.69, 9.17) is 4.74 Å². The predicted octanol–water partition coefficient (Wildman–Crippen LogP) is 2.69. The molecule has 0 bridgehead atoms. The minimum absolute atomic E-state index is 0.0449. The Morgan fingerprint density at radius 2 is 2.00 bits per heavy atom. The molecule has 2 aromatic heterocycles. The highest BCUT2D eigenvalue weighted by atomic mass is 16.5. The number of rotatable bonds is 5. The third kappa shape index (κ3) is 3.97. The topological polar surface area (TPSA) is 81.9 Å². The first kappa shape index (κ1) is 17.4. The van der Waals surface area contributed by atoms with Crippen LogP contribution in [0.1, 0.15) is 61.5 Å². The van der Waals surface area contributed by atoms with Crippen molar-refractivity contribution in [1.29, 1.82) is 0 Å². The van der Waals surface area contributed by atoms with Gasteiger partial charge in [-0.25, -0.2) is 4.68 Å². The lowest BCUT2D eigenvalue weighted by Gasteiger charge is -2.16. The fraction of sp³-hybridized carbons (Fsp3) is 0.556. The van der Waals surface area contributed by atoms with Gasteiger partial charge in [-0.05, 0) is 25.3 Å². The molecule has 0 spiro atoms. The molecule has 25 heavy (non-hydrogen) atoms. The molecule has 2 heterocycles. The van der Waals surface area contributed by atoms with Crippen LogP contribution in [0.3, 0.4) is 0 Å². The van der Waals surface area contributed by atoms with E-state index in [0.717, 1.165) is 18.5 Å². The highest BCUT2D eigenvalue weighted by Crippen LogP contribution is 2.19. The number of methoxy groups -OCH3 is 1. The van der Waals surface area contributed by atoms with Crippen molar-refractivity contribution in [2.24, 2.45) is 0 Å². The molecular weight excluding hydrogens is 318 g/mol. The standard InChI is InChI=1S/C18H25N5O2/c1-3-15-14(18(24)20-13-8-6-4-5-7-9-13)12-19-23(15)16-10-11-17(25-2)22-21-16/h10-13H,3-9H2,1-2H3,(H,20,24). The van der Waals surface area contributed by atoms with Crippen molar-refractivity contribution < 1.29 is 9.53 Å². The molecule has 134 valence electrons. The Kier molecular flexibility index (Phi) is 5.63. The minimum Gasteiger partial charge on any atom is -0.480 e. The molecule has 0 aliphatic heterocycles. The van der Waals surface area contributed by atoms with E-state index in [1.165, 1.54) is 25.7 Å². The number of nitrogens with zero attached hydrogens (tertiary/aromatic N) is 4. The Bertz CT molecular complexity index is 703. The van der Waals surface area contributed by atoms with Gasteiger partial charge in [0.1, 0.15) is 0 Å². The predicted molar refractivity (Wildman–Crippen MR) is 94.0 cm³/mol. The molecule has 7 heteroatoms. The van der Waals surface area contributed by atoms with Gasteiger partial charge < -0.3 is 10.1 Å². The molecule has 1 saturated carbocycles. The van der Waals surface area contributed by atoms with Crippen molar-refractivity contribution in [2.45, 2.75) is 57.9 Å². The number of aromatic nitrogens is 4. The average molecular weight is 343 g/mol. The second-order valence-corrected chi connectivity index (χ2v) is 6.37. The molecule has 2 aromatic rings. The summed E-state index contributed by atoms with van der Waals surface area (Å²) in [5.74, 6) is 0.975.